The first-order valence-corrected chi connectivity index (χ1v) is 4.50. The van der Waals surface area contributed by atoms with E-state index in [0.29, 0.717) is 6.42 Å². The third-order valence-electron chi connectivity index (χ3n) is 1.51. The average molecular weight is 227 g/mol. The number of benzene rings is 1. The Morgan fingerprint density at radius 3 is 2.67 bits per heavy atom. The molecule has 2 N–H and O–H groups in total. The monoisotopic (exact) mass is 226 g/mol. The Balaban J connectivity index is 2.58. The van der Waals surface area contributed by atoms with Crippen molar-refractivity contribution in [1.29, 1.82) is 0 Å². The third-order valence-corrected chi connectivity index (χ3v) is 2.29. The highest BCUT2D eigenvalue weighted by Crippen LogP contribution is 2.08. The van der Waals surface area contributed by atoms with Gasteiger partial charge in [-0.15, -0.1) is 0 Å². The topological polar surface area (TPSA) is 43.1 Å². The predicted octanol–water partition coefficient (Wildman–Crippen LogP) is 1.28. The Morgan fingerprint density at radius 1 is 1.58 bits per heavy atom. The lowest BCUT2D eigenvalue weighted by molar-refractivity contribution is -0.117. The lowest BCUT2D eigenvalue weighted by Crippen LogP contribution is -2.24. The zero-order valence-corrected chi connectivity index (χ0v) is 8.04. The van der Waals surface area contributed by atoms with Crippen molar-refractivity contribution in [2.45, 2.75) is 11.2 Å². The van der Waals surface area contributed by atoms with Crippen LogP contribution in [-0.4, -0.2) is 10.7 Å². The van der Waals surface area contributed by atoms with Crippen LogP contribution in [0.3, 0.4) is 0 Å². The number of rotatable bonds is 3. The summed E-state index contributed by atoms with van der Waals surface area (Å²) in [6.07, 6.45) is 0.629. The van der Waals surface area contributed by atoms with Crippen LogP contribution in [0.15, 0.2) is 24.3 Å². The summed E-state index contributed by atoms with van der Waals surface area (Å²) in [5.74, 6) is -0.331. The van der Waals surface area contributed by atoms with E-state index in [4.69, 9.17) is 5.73 Å². The minimum absolute atomic E-state index is 0.278. The first kappa shape index (κ1) is 9.26. The van der Waals surface area contributed by atoms with Gasteiger partial charge in [0.15, 0.2) is 0 Å². The molecule has 0 fully saturated rings. The normalized spacial score (nSPS) is 12.4. The van der Waals surface area contributed by atoms with Crippen LogP contribution in [-0.2, 0) is 11.2 Å². The molecule has 0 heterocycles. The fraction of sp³-hybridized carbons (Fsp3) is 0.222. The number of carbonyl (C=O) groups excluding carboxylic acids is 1. The number of hydrogen-bond acceptors (Lipinski definition) is 1. The molecule has 1 rings (SSSR count). The van der Waals surface area contributed by atoms with Crippen LogP contribution in [0.4, 0.5) is 0 Å². The summed E-state index contributed by atoms with van der Waals surface area (Å²) in [7, 11) is 0. The molecule has 2 nitrogen and oxygen atoms in total. The quantitative estimate of drug-likeness (QED) is 0.776. The summed E-state index contributed by atoms with van der Waals surface area (Å²) < 4.78 is 0. The first-order valence-electron chi connectivity index (χ1n) is 3.58. The van der Waals surface area contributed by atoms with Crippen LogP contribution in [0.1, 0.15) is 5.56 Å². The molecular formula is C9H9BrNO. The lowest BCUT2D eigenvalue weighted by atomic mass is 10.1. The number of amides is 1. The SMILES string of the molecule is NC(=O)C(Br)Cc1cc[c]cc1. The van der Waals surface area contributed by atoms with E-state index in [9.17, 15) is 4.79 Å². The lowest BCUT2D eigenvalue weighted by Gasteiger charge is -2.04. The van der Waals surface area contributed by atoms with Crippen molar-refractivity contribution < 1.29 is 4.79 Å². The molecule has 0 aliphatic carbocycles. The Morgan fingerprint density at radius 2 is 2.17 bits per heavy atom. The summed E-state index contributed by atoms with van der Waals surface area (Å²) in [4.78, 5) is 10.4. The number of alkyl halides is 1. The van der Waals surface area contributed by atoms with Gasteiger partial charge >= 0.3 is 0 Å². The highest BCUT2D eigenvalue weighted by molar-refractivity contribution is 9.10. The van der Waals surface area contributed by atoms with Gasteiger partial charge in [-0.05, 0) is 18.1 Å². The fourth-order valence-electron chi connectivity index (χ4n) is 0.865. The second kappa shape index (κ2) is 4.26. The maximum absolute atomic E-state index is 10.7. The Bertz CT molecular complexity index is 260. The van der Waals surface area contributed by atoms with Crippen LogP contribution >= 0.6 is 15.9 Å². The Hall–Kier alpha value is -0.830. The number of nitrogens with two attached hydrogens (primary N) is 1. The number of hydrogen-bond donors (Lipinski definition) is 1. The van der Waals surface area contributed by atoms with E-state index < -0.39 is 0 Å². The second-order valence-electron chi connectivity index (χ2n) is 2.48. The molecule has 1 atom stereocenters. The van der Waals surface area contributed by atoms with Gasteiger partial charge in [0.1, 0.15) is 0 Å². The summed E-state index contributed by atoms with van der Waals surface area (Å²) in [5, 5.41) is 0. The van der Waals surface area contributed by atoms with Crippen molar-refractivity contribution in [2.75, 3.05) is 0 Å². The molecule has 1 aromatic carbocycles. The highest BCUT2D eigenvalue weighted by Gasteiger charge is 2.10. The zero-order chi connectivity index (χ0) is 8.97. The molecule has 0 saturated carbocycles. The molecular weight excluding hydrogens is 218 g/mol. The third kappa shape index (κ3) is 2.66. The maximum atomic E-state index is 10.7. The minimum atomic E-state index is -0.331. The second-order valence-corrected chi connectivity index (χ2v) is 3.59. The summed E-state index contributed by atoms with van der Waals surface area (Å²) in [6, 6.07) is 10.4. The van der Waals surface area contributed by atoms with Crippen molar-refractivity contribution in [1.82, 2.24) is 0 Å². The van der Waals surface area contributed by atoms with Crippen molar-refractivity contribution in [2.24, 2.45) is 5.73 Å². The zero-order valence-electron chi connectivity index (χ0n) is 6.46. The van der Waals surface area contributed by atoms with E-state index in [0.717, 1.165) is 5.56 Å². The standard InChI is InChI=1S/C9H9BrNO/c10-8(9(11)12)6-7-4-2-1-3-5-7/h2-5,8H,6H2,(H2,11,12). The highest BCUT2D eigenvalue weighted by atomic mass is 79.9. The summed E-state index contributed by atoms with van der Waals surface area (Å²) in [6.45, 7) is 0. The molecule has 0 spiro atoms. The van der Waals surface area contributed by atoms with E-state index in [2.05, 4.69) is 22.0 Å². The first-order chi connectivity index (χ1) is 5.70. The van der Waals surface area contributed by atoms with Gasteiger partial charge in [0.05, 0.1) is 4.83 Å². The fourth-order valence-corrected chi connectivity index (χ4v) is 1.24. The van der Waals surface area contributed by atoms with E-state index in [-0.39, 0.29) is 10.7 Å². The minimum Gasteiger partial charge on any atom is -0.369 e. The van der Waals surface area contributed by atoms with Gasteiger partial charge in [-0.2, -0.15) is 0 Å². The smallest absolute Gasteiger partial charge is 0.231 e. The van der Waals surface area contributed by atoms with Gasteiger partial charge in [0.25, 0.3) is 0 Å². The van der Waals surface area contributed by atoms with E-state index in [1.54, 1.807) is 0 Å². The largest absolute Gasteiger partial charge is 0.369 e. The number of halogens is 1. The Labute approximate surface area is 79.9 Å². The molecule has 0 aliphatic rings. The van der Waals surface area contributed by atoms with Crippen LogP contribution < -0.4 is 5.73 Å². The van der Waals surface area contributed by atoms with Crippen LogP contribution in [0.5, 0.6) is 0 Å². The molecule has 1 unspecified atom stereocenters. The molecule has 3 heteroatoms. The molecule has 63 valence electrons. The maximum Gasteiger partial charge on any atom is 0.231 e. The van der Waals surface area contributed by atoms with Crippen LogP contribution in [0.2, 0.25) is 0 Å². The average Bonchev–Trinajstić information content (AvgIpc) is 2.06. The van der Waals surface area contributed by atoms with E-state index in [1.807, 2.05) is 24.3 Å². The molecule has 1 radical (unpaired) electrons. The van der Waals surface area contributed by atoms with Gasteiger partial charge in [-0.3, -0.25) is 4.79 Å². The molecule has 1 amide bonds. The van der Waals surface area contributed by atoms with E-state index in [1.165, 1.54) is 0 Å². The predicted molar refractivity (Wildman–Crippen MR) is 50.9 cm³/mol. The van der Waals surface area contributed by atoms with Crippen molar-refractivity contribution in [3.63, 3.8) is 0 Å². The Kier molecular flexibility index (Phi) is 3.29. The van der Waals surface area contributed by atoms with Crippen molar-refractivity contribution in [3.8, 4) is 0 Å². The molecule has 12 heavy (non-hydrogen) atoms. The molecule has 0 aromatic heterocycles. The molecule has 0 saturated heterocycles. The van der Waals surface area contributed by atoms with Gasteiger partial charge < -0.3 is 5.73 Å². The molecule has 1 aromatic rings. The van der Waals surface area contributed by atoms with Crippen molar-refractivity contribution in [3.05, 3.63) is 35.9 Å². The summed E-state index contributed by atoms with van der Waals surface area (Å²) in [5.41, 5.74) is 6.17. The molecule has 0 aliphatic heterocycles. The summed E-state index contributed by atoms with van der Waals surface area (Å²) >= 11 is 3.19. The number of primary amides is 1. The van der Waals surface area contributed by atoms with Crippen LogP contribution in [0, 0.1) is 6.07 Å². The van der Waals surface area contributed by atoms with Gasteiger partial charge in [-0.25, -0.2) is 0 Å². The van der Waals surface area contributed by atoms with Crippen LogP contribution in [0.25, 0.3) is 0 Å². The van der Waals surface area contributed by atoms with E-state index >= 15 is 0 Å². The van der Waals surface area contributed by atoms with Gasteiger partial charge in [-0.1, -0.05) is 40.2 Å². The number of carbonyl (C=O) groups is 1. The van der Waals surface area contributed by atoms with Crippen molar-refractivity contribution >= 4 is 21.8 Å². The van der Waals surface area contributed by atoms with Gasteiger partial charge in [0, 0.05) is 0 Å². The van der Waals surface area contributed by atoms with Gasteiger partial charge in [0.2, 0.25) is 5.91 Å². The molecule has 0 bridgehead atoms.